The zero-order valence-corrected chi connectivity index (χ0v) is 27.6. The zero-order chi connectivity index (χ0) is 32.2. The van der Waals surface area contributed by atoms with Gasteiger partial charge in [0.25, 0.3) is 0 Å². The lowest BCUT2D eigenvalue weighted by Gasteiger charge is -2.36. The molecule has 6 aromatic carbocycles. The zero-order valence-electron chi connectivity index (χ0n) is 26.7. The van der Waals surface area contributed by atoms with E-state index in [1.54, 1.807) is 0 Å². The van der Waals surface area contributed by atoms with Crippen molar-refractivity contribution in [1.29, 1.82) is 0 Å². The molecule has 0 saturated carbocycles. The molecule has 0 radical (unpaired) electrons. The molecule has 0 bridgehead atoms. The van der Waals surface area contributed by atoms with E-state index in [4.69, 9.17) is 10.2 Å². The maximum atomic E-state index is 11.8. The van der Waals surface area contributed by atoms with Gasteiger partial charge in [-0.25, -0.2) is 0 Å². The van der Waals surface area contributed by atoms with E-state index in [0.29, 0.717) is 18.7 Å². The van der Waals surface area contributed by atoms with Crippen molar-refractivity contribution in [2.24, 2.45) is 0 Å². The van der Waals surface area contributed by atoms with Gasteiger partial charge in [0, 0.05) is 16.3 Å². The Labute approximate surface area is 277 Å². The first-order valence-corrected chi connectivity index (χ1v) is 17.7. The number of nitrogens with zero attached hydrogens (tertiary/aromatic N) is 2. The lowest BCUT2D eigenvalue weighted by molar-refractivity contribution is 0.0121. The summed E-state index contributed by atoms with van der Waals surface area (Å²) in [4.78, 5) is 0. The van der Waals surface area contributed by atoms with Gasteiger partial charge in [-0.2, -0.15) is 0 Å². The van der Waals surface area contributed by atoms with Crippen molar-refractivity contribution in [1.82, 2.24) is 10.2 Å². The molecule has 1 heterocycles. The largest absolute Gasteiger partial charge is 0.387 e. The van der Waals surface area contributed by atoms with Crippen molar-refractivity contribution in [3.63, 3.8) is 0 Å². The predicted molar refractivity (Wildman–Crippen MR) is 200 cm³/mol. The Bertz CT molecular complexity index is 2080. The van der Waals surface area contributed by atoms with E-state index in [0.717, 1.165) is 38.4 Å². The molecule has 1 atom stereocenters. The van der Waals surface area contributed by atoms with Crippen LogP contribution < -0.4 is 21.2 Å². The summed E-state index contributed by atoms with van der Waals surface area (Å²) >= 11 is 0. The molecular weight excluding hydrogens is 593 g/mol. The van der Waals surface area contributed by atoms with Crippen molar-refractivity contribution in [2.75, 3.05) is 5.32 Å². The minimum absolute atomic E-state index is 0.362. The van der Waals surface area contributed by atoms with Crippen molar-refractivity contribution in [3.8, 4) is 11.3 Å². The van der Waals surface area contributed by atoms with Crippen LogP contribution in [0.3, 0.4) is 0 Å². The summed E-state index contributed by atoms with van der Waals surface area (Å²) in [6, 6.07) is 52.9. The number of rotatable bonds is 10. The molecule has 5 heteroatoms. The smallest absolute Gasteiger partial charge is 0.157 e. The molecule has 0 saturated heterocycles. The fraction of sp³-hybridized carbons (Fsp3) is 0.143. The van der Waals surface area contributed by atoms with Gasteiger partial charge in [0.15, 0.2) is 5.82 Å². The van der Waals surface area contributed by atoms with Crippen molar-refractivity contribution in [3.05, 3.63) is 157 Å². The maximum Gasteiger partial charge on any atom is 0.157 e. The third-order valence-corrected chi connectivity index (χ3v) is 11.8. The molecule has 7 rings (SSSR count). The highest BCUT2D eigenvalue weighted by Crippen LogP contribution is 2.43. The Morgan fingerprint density at radius 2 is 1.13 bits per heavy atom. The average Bonchev–Trinajstić information content (AvgIpc) is 3.15. The Morgan fingerprint density at radius 1 is 0.596 bits per heavy atom. The Kier molecular flexibility index (Phi) is 8.80. The summed E-state index contributed by atoms with van der Waals surface area (Å²) < 4.78 is 0. The standard InChI is InChI=1S/C42H38N3OP/c1-3-42(46,4-2)40(31-19-8-5-9-20-31)43-41-36-27-17-16-26-35(36)39(44-45-41)38-34-25-15-14-18-30(34)28-29-37(38)47(32-21-10-6-11-22-32)33-23-12-7-13-24-33/h5-29,40,46H,3-4H2,1-2H3,(H,43,45)/t40-/m1/s1. The van der Waals surface area contributed by atoms with Gasteiger partial charge in [0.05, 0.1) is 11.6 Å². The molecular formula is C42H38N3OP. The first-order valence-electron chi connectivity index (χ1n) is 16.3. The van der Waals surface area contributed by atoms with Gasteiger partial charge in [-0.1, -0.05) is 166 Å². The fourth-order valence-electron chi connectivity index (χ4n) is 6.64. The monoisotopic (exact) mass is 631 g/mol. The van der Waals surface area contributed by atoms with Crippen LogP contribution >= 0.6 is 7.92 Å². The van der Waals surface area contributed by atoms with E-state index in [2.05, 4.69) is 133 Å². The third kappa shape index (κ3) is 5.91. The van der Waals surface area contributed by atoms with Crippen LogP contribution in [0.2, 0.25) is 0 Å². The van der Waals surface area contributed by atoms with Crippen LogP contribution in [0.4, 0.5) is 5.82 Å². The van der Waals surface area contributed by atoms with E-state index in [-0.39, 0.29) is 6.04 Å². The number of hydrogen-bond acceptors (Lipinski definition) is 4. The van der Waals surface area contributed by atoms with Gasteiger partial charge in [-0.15, -0.1) is 10.2 Å². The highest BCUT2D eigenvalue weighted by atomic mass is 31.1. The van der Waals surface area contributed by atoms with Crippen LogP contribution in [0.1, 0.15) is 38.3 Å². The van der Waals surface area contributed by atoms with Crippen LogP contribution in [0, 0.1) is 0 Å². The number of aliphatic hydroxyl groups is 1. The third-order valence-electron chi connectivity index (χ3n) is 9.28. The van der Waals surface area contributed by atoms with Gasteiger partial charge in [0.1, 0.15) is 5.69 Å². The number of aromatic nitrogens is 2. The molecule has 0 aliphatic carbocycles. The van der Waals surface area contributed by atoms with Crippen molar-refractivity contribution < 1.29 is 5.11 Å². The van der Waals surface area contributed by atoms with Crippen molar-refractivity contribution >= 4 is 51.2 Å². The van der Waals surface area contributed by atoms with E-state index in [1.165, 1.54) is 15.9 Å². The second-order valence-corrected chi connectivity index (χ2v) is 14.1. The van der Waals surface area contributed by atoms with Gasteiger partial charge < -0.3 is 10.4 Å². The predicted octanol–water partition coefficient (Wildman–Crippen LogP) is 8.91. The van der Waals surface area contributed by atoms with Gasteiger partial charge in [-0.3, -0.25) is 0 Å². The summed E-state index contributed by atoms with van der Waals surface area (Å²) in [5, 5.41) is 33.6. The summed E-state index contributed by atoms with van der Waals surface area (Å²) in [5.41, 5.74) is 2.01. The Balaban J connectivity index is 1.46. The number of anilines is 1. The van der Waals surface area contributed by atoms with Crippen LogP contribution in [-0.2, 0) is 0 Å². The van der Waals surface area contributed by atoms with Crippen LogP contribution in [0.15, 0.2) is 152 Å². The second-order valence-electron chi connectivity index (χ2n) is 11.9. The lowest BCUT2D eigenvalue weighted by atomic mass is 9.84. The number of benzene rings is 6. The first-order chi connectivity index (χ1) is 23.1. The molecule has 0 unspecified atom stereocenters. The fourth-order valence-corrected chi connectivity index (χ4v) is 9.11. The topological polar surface area (TPSA) is 58.0 Å². The molecule has 0 aliphatic rings. The summed E-state index contributed by atoms with van der Waals surface area (Å²) in [6.07, 6.45) is 1.20. The number of hydrogen-bond donors (Lipinski definition) is 2. The lowest BCUT2D eigenvalue weighted by Crippen LogP contribution is -2.39. The normalized spacial score (nSPS) is 12.4. The summed E-state index contributed by atoms with van der Waals surface area (Å²) in [7, 11) is -0.907. The molecule has 1 aromatic heterocycles. The average molecular weight is 632 g/mol. The van der Waals surface area contributed by atoms with Crippen LogP contribution in [0.5, 0.6) is 0 Å². The summed E-state index contributed by atoms with van der Waals surface area (Å²) in [5.74, 6) is 0.661. The molecule has 4 nitrogen and oxygen atoms in total. The SMILES string of the molecule is CCC(O)(CC)[C@H](Nc1nnc(-c2c(P(c3ccccc3)c3ccccc3)ccc3ccccc23)c2ccccc12)c1ccccc1. The quantitative estimate of drug-likeness (QED) is 0.148. The maximum absolute atomic E-state index is 11.8. The van der Waals surface area contributed by atoms with Crippen molar-refractivity contribution in [2.45, 2.75) is 38.3 Å². The molecule has 7 aromatic rings. The second kappa shape index (κ2) is 13.5. The van der Waals surface area contributed by atoms with Gasteiger partial charge >= 0.3 is 0 Å². The number of fused-ring (bicyclic) bond motifs is 2. The molecule has 0 spiro atoms. The highest BCUT2D eigenvalue weighted by molar-refractivity contribution is 7.80. The van der Waals surface area contributed by atoms with Crippen LogP contribution in [0.25, 0.3) is 32.8 Å². The van der Waals surface area contributed by atoms with Crippen LogP contribution in [-0.4, -0.2) is 20.9 Å². The summed E-state index contributed by atoms with van der Waals surface area (Å²) in [6.45, 7) is 4.07. The first kappa shape index (κ1) is 30.7. The molecule has 232 valence electrons. The minimum Gasteiger partial charge on any atom is -0.387 e. The minimum atomic E-state index is -0.965. The van der Waals surface area contributed by atoms with E-state index in [9.17, 15) is 5.11 Å². The molecule has 2 N–H and O–H groups in total. The molecule has 0 fully saturated rings. The van der Waals surface area contributed by atoms with Gasteiger partial charge in [0.2, 0.25) is 0 Å². The molecule has 0 aliphatic heterocycles. The molecule has 47 heavy (non-hydrogen) atoms. The Hall–Kier alpha value is -4.89. The Morgan fingerprint density at radius 3 is 1.74 bits per heavy atom. The highest BCUT2D eigenvalue weighted by Gasteiger charge is 2.35. The van der Waals surface area contributed by atoms with E-state index < -0.39 is 13.5 Å². The molecule has 0 amide bonds. The van der Waals surface area contributed by atoms with E-state index >= 15 is 0 Å². The van der Waals surface area contributed by atoms with E-state index in [1.807, 2.05) is 38.1 Å². The number of nitrogens with one attached hydrogen (secondary N) is 1. The van der Waals surface area contributed by atoms with Gasteiger partial charge in [-0.05, 0) is 53.0 Å².